The van der Waals surface area contributed by atoms with Gasteiger partial charge in [-0.25, -0.2) is 0 Å². The van der Waals surface area contributed by atoms with Crippen LogP contribution in [-0.2, 0) is 18.3 Å². The lowest BCUT2D eigenvalue weighted by atomic mass is 10.0. The lowest BCUT2D eigenvalue weighted by Gasteiger charge is -2.01. The van der Waals surface area contributed by atoms with E-state index < -0.39 is 5.97 Å². The van der Waals surface area contributed by atoms with Gasteiger partial charge >= 0.3 is 5.97 Å². The van der Waals surface area contributed by atoms with E-state index in [2.05, 4.69) is 5.10 Å². The van der Waals surface area contributed by atoms with Crippen molar-refractivity contribution in [3.05, 3.63) is 54.1 Å². The van der Waals surface area contributed by atoms with Crippen LogP contribution in [0.2, 0.25) is 0 Å². The smallest absolute Gasteiger partial charge is 0.307 e. The fraction of sp³-hybridized carbons (Fsp3) is 0.125. The normalized spacial score (nSPS) is 10.8. The highest BCUT2D eigenvalue weighted by molar-refractivity contribution is 5.93. The number of aliphatic carboxylic acids is 1. The Morgan fingerprint density at radius 2 is 2.00 bits per heavy atom. The van der Waals surface area contributed by atoms with Crippen LogP contribution in [0.3, 0.4) is 0 Å². The number of aryl methyl sites for hydroxylation is 1. The van der Waals surface area contributed by atoms with Crippen molar-refractivity contribution in [2.75, 3.05) is 0 Å². The summed E-state index contributed by atoms with van der Waals surface area (Å²) in [5.74, 6) is -0.826. The van der Waals surface area contributed by atoms with Crippen molar-refractivity contribution >= 4 is 16.9 Å². The Hall–Kier alpha value is -2.62. The first-order valence-electron chi connectivity index (χ1n) is 6.38. The minimum atomic E-state index is -0.826. The summed E-state index contributed by atoms with van der Waals surface area (Å²) in [5.41, 5.74) is 3.67. The molecule has 0 saturated heterocycles. The summed E-state index contributed by atoms with van der Waals surface area (Å²) in [6.07, 6.45) is 0.0264. The van der Waals surface area contributed by atoms with Crippen LogP contribution in [0.5, 0.6) is 0 Å². The van der Waals surface area contributed by atoms with Gasteiger partial charge in [0, 0.05) is 18.0 Å². The number of aromatic nitrogens is 2. The van der Waals surface area contributed by atoms with Gasteiger partial charge in [0.05, 0.1) is 11.9 Å². The number of hydrogen-bond acceptors (Lipinski definition) is 2. The number of carbonyl (C=O) groups is 1. The fourth-order valence-electron chi connectivity index (χ4n) is 2.43. The van der Waals surface area contributed by atoms with Crippen LogP contribution < -0.4 is 0 Å². The average molecular weight is 266 g/mol. The highest BCUT2D eigenvalue weighted by Gasteiger charge is 2.11. The van der Waals surface area contributed by atoms with E-state index in [0.717, 1.165) is 27.7 Å². The molecule has 100 valence electrons. The Balaban J connectivity index is 2.13. The van der Waals surface area contributed by atoms with Crippen LogP contribution in [0, 0.1) is 0 Å². The molecule has 3 aromatic rings. The maximum Gasteiger partial charge on any atom is 0.307 e. The van der Waals surface area contributed by atoms with E-state index in [9.17, 15) is 4.79 Å². The lowest BCUT2D eigenvalue weighted by molar-refractivity contribution is -0.136. The Labute approximate surface area is 116 Å². The van der Waals surface area contributed by atoms with E-state index in [4.69, 9.17) is 5.11 Å². The molecule has 0 unspecified atom stereocenters. The van der Waals surface area contributed by atoms with Crippen LogP contribution >= 0.6 is 0 Å². The topological polar surface area (TPSA) is 55.1 Å². The highest BCUT2D eigenvalue weighted by atomic mass is 16.4. The van der Waals surface area contributed by atoms with Crippen LogP contribution in [0.15, 0.2) is 48.5 Å². The summed E-state index contributed by atoms with van der Waals surface area (Å²) in [6.45, 7) is 0. The first-order chi connectivity index (χ1) is 9.65. The van der Waals surface area contributed by atoms with Gasteiger partial charge in [0.25, 0.3) is 0 Å². The van der Waals surface area contributed by atoms with Gasteiger partial charge in [-0.3, -0.25) is 9.48 Å². The zero-order chi connectivity index (χ0) is 14.1. The van der Waals surface area contributed by atoms with E-state index in [0.29, 0.717) is 0 Å². The molecule has 0 aliphatic rings. The molecule has 0 fully saturated rings. The molecular formula is C16H14N2O2. The first kappa shape index (κ1) is 12.4. The molecule has 0 spiro atoms. The molecule has 20 heavy (non-hydrogen) atoms. The summed E-state index contributed by atoms with van der Waals surface area (Å²) < 4.78 is 1.84. The van der Waals surface area contributed by atoms with Gasteiger partial charge in [-0.1, -0.05) is 36.4 Å². The largest absolute Gasteiger partial charge is 0.481 e. The summed E-state index contributed by atoms with van der Waals surface area (Å²) in [5, 5.41) is 14.5. The van der Waals surface area contributed by atoms with Crippen LogP contribution in [0.25, 0.3) is 22.2 Å². The number of hydrogen-bond donors (Lipinski definition) is 1. The molecule has 1 N–H and O–H groups in total. The average Bonchev–Trinajstić information content (AvgIpc) is 2.76. The Morgan fingerprint density at radius 3 is 2.80 bits per heavy atom. The minimum Gasteiger partial charge on any atom is -0.481 e. The molecule has 0 radical (unpaired) electrons. The van der Waals surface area contributed by atoms with E-state index in [1.807, 2.05) is 60.3 Å². The second kappa shape index (κ2) is 4.81. The third-order valence-electron chi connectivity index (χ3n) is 3.31. The van der Waals surface area contributed by atoms with Crippen LogP contribution in [-0.4, -0.2) is 20.9 Å². The number of benzene rings is 2. The summed E-state index contributed by atoms with van der Waals surface area (Å²) >= 11 is 0. The molecule has 0 amide bonds. The minimum absolute atomic E-state index is 0.0264. The zero-order valence-electron chi connectivity index (χ0n) is 11.1. The van der Waals surface area contributed by atoms with Gasteiger partial charge in [0.2, 0.25) is 0 Å². The summed E-state index contributed by atoms with van der Waals surface area (Å²) in [7, 11) is 1.91. The molecule has 0 atom stereocenters. The zero-order valence-corrected chi connectivity index (χ0v) is 11.1. The number of rotatable bonds is 3. The van der Waals surface area contributed by atoms with Crippen LogP contribution in [0.4, 0.5) is 0 Å². The van der Waals surface area contributed by atoms with Gasteiger partial charge in [0.15, 0.2) is 0 Å². The maximum absolute atomic E-state index is 10.8. The first-order valence-corrected chi connectivity index (χ1v) is 6.38. The second-order valence-electron chi connectivity index (χ2n) is 4.76. The molecule has 0 saturated carbocycles. The standard InChI is InChI=1S/C16H14N2O2/c1-18-14-8-3-2-7-13(14)16(17-18)12-6-4-5-11(9-12)10-15(19)20/h2-9H,10H2,1H3,(H,19,20). The molecule has 0 bridgehead atoms. The number of fused-ring (bicyclic) bond motifs is 1. The molecular weight excluding hydrogens is 252 g/mol. The predicted octanol–water partition coefficient (Wildman–Crippen LogP) is 2.87. The predicted molar refractivity (Wildman–Crippen MR) is 77.5 cm³/mol. The molecule has 0 aliphatic heterocycles. The molecule has 2 aromatic carbocycles. The molecule has 4 heteroatoms. The Kier molecular flexibility index (Phi) is 2.99. The van der Waals surface area contributed by atoms with E-state index in [1.54, 1.807) is 0 Å². The SMILES string of the molecule is Cn1nc(-c2cccc(CC(=O)O)c2)c2ccccc21. The van der Waals surface area contributed by atoms with Crippen molar-refractivity contribution in [3.8, 4) is 11.3 Å². The van der Waals surface area contributed by atoms with Crippen molar-refractivity contribution in [2.24, 2.45) is 7.05 Å². The lowest BCUT2D eigenvalue weighted by Crippen LogP contribution is -1.99. The number of carboxylic acid groups (broad SMARTS) is 1. The molecule has 3 rings (SSSR count). The number of carboxylic acids is 1. The van der Waals surface area contributed by atoms with E-state index in [1.165, 1.54) is 0 Å². The summed E-state index contributed by atoms with van der Waals surface area (Å²) in [6, 6.07) is 15.6. The van der Waals surface area contributed by atoms with Crippen molar-refractivity contribution in [3.63, 3.8) is 0 Å². The van der Waals surface area contributed by atoms with E-state index >= 15 is 0 Å². The highest BCUT2D eigenvalue weighted by Crippen LogP contribution is 2.27. The van der Waals surface area contributed by atoms with Gasteiger partial charge in [-0.15, -0.1) is 0 Å². The van der Waals surface area contributed by atoms with Gasteiger partial charge in [-0.2, -0.15) is 5.10 Å². The Morgan fingerprint density at radius 1 is 1.20 bits per heavy atom. The molecule has 4 nitrogen and oxygen atoms in total. The van der Waals surface area contributed by atoms with Crippen molar-refractivity contribution in [1.29, 1.82) is 0 Å². The molecule has 0 aliphatic carbocycles. The van der Waals surface area contributed by atoms with Crippen molar-refractivity contribution in [2.45, 2.75) is 6.42 Å². The van der Waals surface area contributed by atoms with Gasteiger partial charge < -0.3 is 5.11 Å². The second-order valence-corrected chi connectivity index (χ2v) is 4.76. The van der Waals surface area contributed by atoms with Crippen LogP contribution in [0.1, 0.15) is 5.56 Å². The third-order valence-corrected chi connectivity index (χ3v) is 3.31. The monoisotopic (exact) mass is 266 g/mol. The van der Waals surface area contributed by atoms with E-state index in [-0.39, 0.29) is 6.42 Å². The summed E-state index contributed by atoms with van der Waals surface area (Å²) in [4.78, 5) is 10.8. The molecule has 1 aromatic heterocycles. The molecule has 1 heterocycles. The Bertz CT molecular complexity index is 790. The van der Waals surface area contributed by atoms with Gasteiger partial charge in [0.1, 0.15) is 5.69 Å². The number of para-hydroxylation sites is 1. The fourth-order valence-corrected chi connectivity index (χ4v) is 2.43. The quantitative estimate of drug-likeness (QED) is 0.793. The number of nitrogens with zero attached hydrogens (tertiary/aromatic N) is 2. The maximum atomic E-state index is 10.8. The van der Waals surface area contributed by atoms with Crippen molar-refractivity contribution in [1.82, 2.24) is 9.78 Å². The van der Waals surface area contributed by atoms with Gasteiger partial charge in [-0.05, 0) is 17.7 Å². The van der Waals surface area contributed by atoms with Crippen molar-refractivity contribution < 1.29 is 9.90 Å². The third kappa shape index (κ3) is 2.16.